The van der Waals surface area contributed by atoms with Gasteiger partial charge in [-0.25, -0.2) is 0 Å². The Bertz CT molecular complexity index is 574. The Hall–Kier alpha value is -1.19. The summed E-state index contributed by atoms with van der Waals surface area (Å²) in [6.45, 7) is 2.85. The average Bonchev–Trinajstić information content (AvgIpc) is 2.84. The largest absolute Gasteiger partial charge is 0.354 e. The van der Waals surface area contributed by atoms with Crippen LogP contribution in [-0.2, 0) is 0 Å². The lowest BCUT2D eigenvalue weighted by Crippen LogP contribution is -2.07. The predicted octanol–water partition coefficient (Wildman–Crippen LogP) is 2.42. The average molecular weight is 332 g/mol. The third kappa shape index (κ3) is 4.15. The summed E-state index contributed by atoms with van der Waals surface area (Å²) in [6.07, 6.45) is 0.981. The Balaban J connectivity index is 2.13. The molecule has 2 aromatic heterocycles. The molecule has 2 rings (SSSR count). The van der Waals surface area contributed by atoms with Gasteiger partial charge in [0.25, 0.3) is 0 Å². The molecule has 0 amide bonds. The van der Waals surface area contributed by atoms with Gasteiger partial charge in [-0.3, -0.25) is 0 Å². The lowest BCUT2D eigenvalue weighted by molar-refractivity contribution is 0.875. The number of rotatable bonds is 6. The van der Waals surface area contributed by atoms with Gasteiger partial charge < -0.3 is 10.2 Å². The van der Waals surface area contributed by atoms with E-state index in [2.05, 4.69) is 37.4 Å². The van der Waals surface area contributed by atoms with Crippen molar-refractivity contribution in [3.8, 4) is 0 Å². The van der Waals surface area contributed by atoms with Crippen LogP contribution in [0.25, 0.3) is 0 Å². The maximum absolute atomic E-state index is 5.89. The smallest absolute Gasteiger partial charge is 0.228 e. The van der Waals surface area contributed by atoms with Crippen molar-refractivity contribution >= 4 is 45.8 Å². The fourth-order valence-electron chi connectivity index (χ4n) is 1.20. The van der Waals surface area contributed by atoms with Gasteiger partial charge >= 0.3 is 0 Å². The molecule has 0 radical (unpaired) electrons. The fourth-order valence-corrected chi connectivity index (χ4v) is 3.02. The molecule has 0 atom stereocenters. The van der Waals surface area contributed by atoms with Crippen molar-refractivity contribution in [2.75, 3.05) is 30.9 Å². The van der Waals surface area contributed by atoms with Gasteiger partial charge in [-0.1, -0.05) is 18.3 Å². The highest BCUT2D eigenvalue weighted by atomic mass is 35.5. The van der Waals surface area contributed by atoms with E-state index in [9.17, 15) is 0 Å². The van der Waals surface area contributed by atoms with Gasteiger partial charge in [-0.05, 0) is 29.8 Å². The number of anilines is 2. The summed E-state index contributed by atoms with van der Waals surface area (Å²) in [5.41, 5.74) is 0. The minimum absolute atomic E-state index is 0.165. The molecule has 0 aliphatic carbocycles. The first-order chi connectivity index (χ1) is 9.58. The van der Waals surface area contributed by atoms with Gasteiger partial charge in [0, 0.05) is 20.6 Å². The molecule has 1 N–H and O–H groups in total. The number of aromatic nitrogens is 5. The zero-order valence-electron chi connectivity index (χ0n) is 11.3. The van der Waals surface area contributed by atoms with E-state index in [1.54, 1.807) is 0 Å². The van der Waals surface area contributed by atoms with E-state index >= 15 is 0 Å². The minimum Gasteiger partial charge on any atom is -0.354 e. The predicted molar refractivity (Wildman–Crippen MR) is 82.0 cm³/mol. The zero-order valence-corrected chi connectivity index (χ0v) is 13.7. The summed E-state index contributed by atoms with van der Waals surface area (Å²) in [5.74, 6) is 0.478. The molecule has 7 nitrogen and oxygen atoms in total. The van der Waals surface area contributed by atoms with Crippen LogP contribution in [0.1, 0.15) is 13.3 Å². The van der Waals surface area contributed by atoms with Crippen molar-refractivity contribution in [1.82, 2.24) is 25.1 Å². The maximum atomic E-state index is 5.89. The maximum Gasteiger partial charge on any atom is 0.228 e. The van der Waals surface area contributed by atoms with Crippen LogP contribution in [0, 0.1) is 0 Å². The summed E-state index contributed by atoms with van der Waals surface area (Å²) in [7, 11) is 3.84. The number of hydrogen-bond donors (Lipinski definition) is 1. The molecule has 0 unspecified atom stereocenters. The second kappa shape index (κ2) is 7.00. The summed E-state index contributed by atoms with van der Waals surface area (Å²) in [5, 5.41) is 12.7. The highest BCUT2D eigenvalue weighted by Crippen LogP contribution is 2.31. The van der Waals surface area contributed by atoms with Crippen LogP contribution in [0.2, 0.25) is 5.28 Å². The van der Waals surface area contributed by atoms with Crippen LogP contribution in [-0.4, -0.2) is 45.8 Å². The summed E-state index contributed by atoms with van der Waals surface area (Å²) in [6, 6.07) is 0. The Morgan fingerprint density at radius 1 is 1.25 bits per heavy atom. The van der Waals surface area contributed by atoms with E-state index in [0.717, 1.165) is 22.4 Å². The SMILES string of the molecule is CCCNc1nc(Cl)nc(Sc2nnc(N(C)C)s2)n1. The first-order valence-electron chi connectivity index (χ1n) is 5.92. The van der Waals surface area contributed by atoms with Crippen molar-refractivity contribution in [3.05, 3.63) is 5.28 Å². The van der Waals surface area contributed by atoms with Gasteiger partial charge in [-0.15, -0.1) is 10.2 Å². The Morgan fingerprint density at radius 2 is 2.05 bits per heavy atom. The summed E-state index contributed by atoms with van der Waals surface area (Å²) < 4.78 is 0.761. The van der Waals surface area contributed by atoms with E-state index < -0.39 is 0 Å². The van der Waals surface area contributed by atoms with Crippen LogP contribution in [0.4, 0.5) is 11.1 Å². The van der Waals surface area contributed by atoms with Crippen LogP contribution < -0.4 is 10.2 Å². The molecule has 2 aromatic rings. The second-order valence-corrected chi connectivity index (χ2v) is 6.49. The molecular weight excluding hydrogens is 318 g/mol. The number of nitrogens with one attached hydrogen (secondary N) is 1. The topological polar surface area (TPSA) is 79.7 Å². The van der Waals surface area contributed by atoms with Crippen LogP contribution in [0.5, 0.6) is 0 Å². The Labute approximate surface area is 130 Å². The lowest BCUT2D eigenvalue weighted by Gasteiger charge is -2.04. The van der Waals surface area contributed by atoms with Crippen molar-refractivity contribution in [2.45, 2.75) is 22.8 Å². The molecule has 0 aromatic carbocycles. The van der Waals surface area contributed by atoms with Crippen molar-refractivity contribution in [3.63, 3.8) is 0 Å². The lowest BCUT2D eigenvalue weighted by atomic mass is 10.5. The summed E-state index contributed by atoms with van der Waals surface area (Å²) in [4.78, 5) is 14.3. The number of hydrogen-bond acceptors (Lipinski definition) is 9. The first-order valence-corrected chi connectivity index (χ1v) is 7.93. The van der Waals surface area contributed by atoms with Crippen molar-refractivity contribution in [2.24, 2.45) is 0 Å². The monoisotopic (exact) mass is 331 g/mol. The zero-order chi connectivity index (χ0) is 14.5. The van der Waals surface area contributed by atoms with Crippen LogP contribution in [0.15, 0.2) is 9.50 Å². The molecule has 20 heavy (non-hydrogen) atoms. The fraction of sp³-hybridized carbons (Fsp3) is 0.500. The first kappa shape index (κ1) is 15.2. The molecule has 0 saturated heterocycles. The molecule has 0 aliphatic rings. The van der Waals surface area contributed by atoms with E-state index in [1.165, 1.54) is 23.1 Å². The van der Waals surface area contributed by atoms with E-state index in [-0.39, 0.29) is 5.28 Å². The molecule has 10 heteroatoms. The second-order valence-electron chi connectivity index (χ2n) is 3.98. The highest BCUT2D eigenvalue weighted by molar-refractivity contribution is 8.00. The normalized spacial score (nSPS) is 10.6. The van der Waals surface area contributed by atoms with Gasteiger partial charge in [0.1, 0.15) is 0 Å². The molecule has 0 fully saturated rings. The molecular formula is C10H14ClN7S2. The Morgan fingerprint density at radius 3 is 2.70 bits per heavy atom. The molecule has 108 valence electrons. The van der Waals surface area contributed by atoms with Crippen molar-refractivity contribution < 1.29 is 0 Å². The van der Waals surface area contributed by atoms with Gasteiger partial charge in [0.15, 0.2) is 4.34 Å². The quantitative estimate of drug-likeness (QED) is 0.864. The van der Waals surface area contributed by atoms with E-state index in [4.69, 9.17) is 11.6 Å². The van der Waals surface area contributed by atoms with Gasteiger partial charge in [0.05, 0.1) is 0 Å². The van der Waals surface area contributed by atoms with Gasteiger partial charge in [0.2, 0.25) is 21.5 Å². The highest BCUT2D eigenvalue weighted by Gasteiger charge is 2.11. The van der Waals surface area contributed by atoms with Crippen molar-refractivity contribution in [1.29, 1.82) is 0 Å². The minimum atomic E-state index is 0.165. The number of halogens is 1. The standard InChI is InChI=1S/C10H14ClN7S2/c1-4-5-12-7-13-6(11)14-8(15-7)19-10-17-16-9(20-10)18(2)3/h4-5H2,1-3H3,(H,12,13,14,15). The molecule has 0 spiro atoms. The van der Waals surface area contributed by atoms with Crippen LogP contribution in [0.3, 0.4) is 0 Å². The van der Waals surface area contributed by atoms with E-state index in [0.29, 0.717) is 11.1 Å². The number of nitrogens with zero attached hydrogens (tertiary/aromatic N) is 6. The molecule has 0 bridgehead atoms. The van der Waals surface area contributed by atoms with Crippen LogP contribution >= 0.6 is 34.7 Å². The van der Waals surface area contributed by atoms with Gasteiger partial charge in [-0.2, -0.15) is 15.0 Å². The van der Waals surface area contributed by atoms with E-state index in [1.807, 2.05) is 19.0 Å². The Kier molecular flexibility index (Phi) is 5.32. The third-order valence-electron chi connectivity index (χ3n) is 2.08. The molecule has 2 heterocycles. The molecule has 0 aliphatic heterocycles. The third-order valence-corrected chi connectivity index (χ3v) is 4.25. The summed E-state index contributed by atoms with van der Waals surface area (Å²) >= 11 is 8.68. The molecule has 0 saturated carbocycles.